The summed E-state index contributed by atoms with van der Waals surface area (Å²) >= 11 is 5.88. The number of nitrogens with one attached hydrogen (secondary N) is 1. The Balaban J connectivity index is 2.03. The molecule has 0 saturated heterocycles. The van der Waals surface area contributed by atoms with Crippen molar-refractivity contribution in [3.63, 3.8) is 0 Å². The van der Waals surface area contributed by atoms with Crippen LogP contribution in [-0.4, -0.2) is 22.0 Å². The molecule has 1 fully saturated rings. The molecular formula is C14H18ClFN2O2. The molecule has 1 heterocycles. The number of aromatic nitrogens is 1. The first-order chi connectivity index (χ1) is 9.51. The highest BCUT2D eigenvalue weighted by molar-refractivity contribution is 6.21. The molecule has 2 rings (SSSR count). The fourth-order valence-corrected chi connectivity index (χ4v) is 2.75. The summed E-state index contributed by atoms with van der Waals surface area (Å²) < 4.78 is 14.8. The Hall–Kier alpha value is -1.36. The van der Waals surface area contributed by atoms with Crippen LogP contribution >= 0.6 is 11.6 Å². The molecule has 0 bridgehead atoms. The third-order valence-corrected chi connectivity index (χ3v) is 4.11. The molecule has 4 nitrogen and oxygen atoms in total. The molecule has 0 aliphatic heterocycles. The van der Waals surface area contributed by atoms with Crippen LogP contribution < -0.4 is 10.9 Å². The lowest BCUT2D eigenvalue weighted by Gasteiger charge is -2.27. The van der Waals surface area contributed by atoms with Crippen molar-refractivity contribution < 1.29 is 9.18 Å². The zero-order chi connectivity index (χ0) is 14.7. The molecule has 1 saturated carbocycles. The zero-order valence-corrected chi connectivity index (χ0v) is 12.1. The van der Waals surface area contributed by atoms with E-state index in [1.165, 1.54) is 10.6 Å². The molecule has 0 radical (unpaired) electrons. The van der Waals surface area contributed by atoms with Gasteiger partial charge in [0.1, 0.15) is 6.17 Å². The normalized spacial score (nSPS) is 26.2. The van der Waals surface area contributed by atoms with Crippen molar-refractivity contribution in [2.24, 2.45) is 5.92 Å². The van der Waals surface area contributed by atoms with Gasteiger partial charge in [-0.15, -0.1) is 11.6 Å². The van der Waals surface area contributed by atoms with Crippen molar-refractivity contribution in [1.82, 2.24) is 4.57 Å². The maximum Gasteiger partial charge on any atom is 0.250 e. The van der Waals surface area contributed by atoms with Gasteiger partial charge in [-0.3, -0.25) is 9.59 Å². The summed E-state index contributed by atoms with van der Waals surface area (Å²) in [7, 11) is 0. The van der Waals surface area contributed by atoms with E-state index in [0.717, 1.165) is 0 Å². The molecule has 6 heteroatoms. The predicted octanol–water partition coefficient (Wildman–Crippen LogP) is 2.55. The third-order valence-electron chi connectivity index (χ3n) is 3.66. The molecule has 1 aromatic heterocycles. The van der Waals surface area contributed by atoms with Crippen LogP contribution in [0, 0.1) is 5.92 Å². The van der Waals surface area contributed by atoms with Crippen LogP contribution in [0.5, 0.6) is 0 Å². The van der Waals surface area contributed by atoms with Gasteiger partial charge in [-0.05, 0) is 32.3 Å². The largest absolute Gasteiger partial charge is 0.325 e. The van der Waals surface area contributed by atoms with E-state index in [0.29, 0.717) is 31.5 Å². The molecule has 1 amide bonds. The van der Waals surface area contributed by atoms with Gasteiger partial charge in [0.05, 0.1) is 11.1 Å². The molecule has 1 aromatic rings. The summed E-state index contributed by atoms with van der Waals surface area (Å²) in [6.45, 7) is 2.40. The Morgan fingerprint density at radius 3 is 2.90 bits per heavy atom. The fraction of sp³-hybridized carbons (Fsp3) is 0.571. The number of pyridine rings is 1. The van der Waals surface area contributed by atoms with E-state index < -0.39 is 11.5 Å². The van der Waals surface area contributed by atoms with Crippen LogP contribution in [-0.2, 0) is 11.3 Å². The summed E-state index contributed by atoms with van der Waals surface area (Å²) in [5, 5.41) is 2.18. The second-order valence-electron chi connectivity index (χ2n) is 5.07. The Kier molecular flexibility index (Phi) is 4.81. The summed E-state index contributed by atoms with van der Waals surface area (Å²) in [5.74, 6) is -0.435. The van der Waals surface area contributed by atoms with Crippen LogP contribution in [0.4, 0.5) is 10.1 Å². The van der Waals surface area contributed by atoms with E-state index in [1.807, 2.05) is 6.92 Å². The van der Waals surface area contributed by atoms with Gasteiger partial charge in [-0.25, -0.2) is 4.39 Å². The van der Waals surface area contributed by atoms with Crippen LogP contribution in [0.2, 0.25) is 0 Å². The van der Waals surface area contributed by atoms with Crippen molar-refractivity contribution in [1.29, 1.82) is 0 Å². The van der Waals surface area contributed by atoms with Crippen LogP contribution in [0.1, 0.15) is 26.2 Å². The summed E-state index contributed by atoms with van der Waals surface area (Å²) in [5.41, 5.74) is 0.467. The van der Waals surface area contributed by atoms with Crippen molar-refractivity contribution >= 4 is 23.2 Å². The number of halogens is 2. The number of hydrogen-bond acceptors (Lipinski definition) is 2. The van der Waals surface area contributed by atoms with Gasteiger partial charge in [-0.2, -0.15) is 0 Å². The van der Waals surface area contributed by atoms with Gasteiger partial charge in [0.15, 0.2) is 0 Å². The average Bonchev–Trinajstić information content (AvgIpc) is 2.43. The number of hydrogen-bond donors (Lipinski definition) is 1. The lowest BCUT2D eigenvalue weighted by atomic mass is 9.87. The molecule has 3 atom stereocenters. The summed E-state index contributed by atoms with van der Waals surface area (Å²) in [6, 6.07) is 2.99. The van der Waals surface area contributed by atoms with Crippen LogP contribution in [0.25, 0.3) is 0 Å². The fourth-order valence-electron chi connectivity index (χ4n) is 2.41. The molecule has 0 spiro atoms. The molecule has 1 N–H and O–H groups in total. The molecular weight excluding hydrogens is 283 g/mol. The smallest absolute Gasteiger partial charge is 0.250 e. The minimum atomic E-state index is -1.03. The molecule has 20 heavy (non-hydrogen) atoms. The Morgan fingerprint density at radius 1 is 1.50 bits per heavy atom. The van der Waals surface area contributed by atoms with E-state index >= 15 is 0 Å². The number of carbonyl (C=O) groups excluding carboxylic acids is 1. The summed E-state index contributed by atoms with van der Waals surface area (Å²) in [6.07, 6.45) is 1.76. The Bertz CT molecular complexity index is 546. The molecule has 1 aliphatic carbocycles. The number of alkyl halides is 2. The second kappa shape index (κ2) is 6.39. The van der Waals surface area contributed by atoms with E-state index in [-0.39, 0.29) is 17.4 Å². The number of carbonyl (C=O) groups is 1. The highest BCUT2D eigenvalue weighted by Gasteiger charge is 2.32. The molecule has 110 valence electrons. The second-order valence-corrected chi connectivity index (χ2v) is 5.63. The standard InChI is InChI=1S/C14H18ClFN2O2/c1-2-18-8-10(4-6-13(18)19)17-14(20)9-3-5-12(16)11(15)7-9/h4,6,8-9,11-12H,2-3,5,7H2,1H3,(H,17,20). The van der Waals surface area contributed by atoms with Gasteiger partial charge in [0.2, 0.25) is 5.91 Å². The Labute approximate surface area is 121 Å². The number of aryl methyl sites for hydroxylation is 1. The Morgan fingerprint density at radius 2 is 2.25 bits per heavy atom. The maximum absolute atomic E-state index is 13.3. The topological polar surface area (TPSA) is 51.1 Å². The van der Waals surface area contributed by atoms with Gasteiger partial charge < -0.3 is 9.88 Å². The first kappa shape index (κ1) is 15.0. The molecule has 1 aliphatic rings. The first-order valence-electron chi connectivity index (χ1n) is 6.80. The lowest BCUT2D eigenvalue weighted by molar-refractivity contribution is -0.121. The SMILES string of the molecule is CCn1cc(NC(=O)C2CCC(F)C(Cl)C2)ccc1=O. The van der Waals surface area contributed by atoms with Gasteiger partial charge in [0.25, 0.3) is 5.56 Å². The molecule has 0 aromatic carbocycles. The zero-order valence-electron chi connectivity index (χ0n) is 11.3. The van der Waals surface area contributed by atoms with Crippen molar-refractivity contribution in [3.05, 3.63) is 28.7 Å². The number of amides is 1. The maximum atomic E-state index is 13.3. The summed E-state index contributed by atoms with van der Waals surface area (Å²) in [4.78, 5) is 23.6. The van der Waals surface area contributed by atoms with Gasteiger partial charge in [-0.1, -0.05) is 0 Å². The predicted molar refractivity (Wildman–Crippen MR) is 76.9 cm³/mol. The quantitative estimate of drug-likeness (QED) is 0.872. The lowest BCUT2D eigenvalue weighted by Crippen LogP contribution is -2.34. The minimum absolute atomic E-state index is 0.107. The highest BCUT2D eigenvalue weighted by atomic mass is 35.5. The van der Waals surface area contributed by atoms with E-state index in [1.54, 1.807) is 12.3 Å². The highest BCUT2D eigenvalue weighted by Crippen LogP contribution is 2.30. The van der Waals surface area contributed by atoms with Crippen molar-refractivity contribution in [2.75, 3.05) is 5.32 Å². The van der Waals surface area contributed by atoms with Gasteiger partial charge >= 0.3 is 0 Å². The van der Waals surface area contributed by atoms with Crippen molar-refractivity contribution in [3.8, 4) is 0 Å². The monoisotopic (exact) mass is 300 g/mol. The number of rotatable bonds is 3. The van der Waals surface area contributed by atoms with Crippen molar-refractivity contribution in [2.45, 2.75) is 44.3 Å². The number of anilines is 1. The third kappa shape index (κ3) is 3.39. The minimum Gasteiger partial charge on any atom is -0.325 e. The average molecular weight is 301 g/mol. The van der Waals surface area contributed by atoms with Gasteiger partial charge in [0, 0.05) is 24.7 Å². The van der Waals surface area contributed by atoms with Crippen LogP contribution in [0.3, 0.4) is 0 Å². The first-order valence-corrected chi connectivity index (χ1v) is 7.24. The number of nitrogens with zero attached hydrogens (tertiary/aromatic N) is 1. The van der Waals surface area contributed by atoms with E-state index in [9.17, 15) is 14.0 Å². The molecule has 3 unspecified atom stereocenters. The van der Waals surface area contributed by atoms with Crippen LogP contribution in [0.15, 0.2) is 23.1 Å². The van der Waals surface area contributed by atoms with E-state index in [4.69, 9.17) is 11.6 Å². The van der Waals surface area contributed by atoms with E-state index in [2.05, 4.69) is 5.32 Å².